The van der Waals surface area contributed by atoms with Crippen LogP contribution in [0, 0.1) is 13.8 Å². The van der Waals surface area contributed by atoms with Crippen molar-refractivity contribution in [1.29, 1.82) is 0 Å². The van der Waals surface area contributed by atoms with Crippen LogP contribution in [0.15, 0.2) is 17.0 Å². The number of nitrogen functional groups attached to an aromatic ring is 1. The highest BCUT2D eigenvalue weighted by Gasteiger charge is 2.31. The van der Waals surface area contributed by atoms with Crippen molar-refractivity contribution in [3.63, 3.8) is 0 Å². The van der Waals surface area contributed by atoms with Gasteiger partial charge in [0.25, 0.3) is 0 Å². The fourth-order valence-corrected chi connectivity index (χ4v) is 3.95. The summed E-state index contributed by atoms with van der Waals surface area (Å²) in [6, 6.07) is 3.08. The fraction of sp³-hybridized carbons (Fsp3) is 0.600. The van der Waals surface area contributed by atoms with Gasteiger partial charge in [0.1, 0.15) is 0 Å². The molecule has 0 unspecified atom stereocenters. The molecule has 0 aromatic heterocycles. The van der Waals surface area contributed by atoms with Gasteiger partial charge in [-0.2, -0.15) is 0 Å². The van der Waals surface area contributed by atoms with Crippen molar-refractivity contribution in [3.05, 3.63) is 23.3 Å². The van der Waals surface area contributed by atoms with Gasteiger partial charge >= 0.3 is 0 Å². The van der Waals surface area contributed by atoms with Crippen LogP contribution in [-0.2, 0) is 10.0 Å². The van der Waals surface area contributed by atoms with Crippen LogP contribution in [-0.4, -0.2) is 25.7 Å². The van der Waals surface area contributed by atoms with Gasteiger partial charge < -0.3 is 10.8 Å². The molecule has 0 bridgehead atoms. The lowest BCUT2D eigenvalue weighted by atomic mass is 9.85. The van der Waals surface area contributed by atoms with Crippen LogP contribution in [0.4, 0.5) is 5.69 Å². The van der Waals surface area contributed by atoms with Crippen LogP contribution < -0.4 is 10.5 Å². The first-order valence-corrected chi connectivity index (χ1v) is 8.81. The predicted molar refractivity (Wildman–Crippen MR) is 83.6 cm³/mol. The molecule has 1 aliphatic carbocycles. The maximum atomic E-state index is 12.4. The van der Waals surface area contributed by atoms with Gasteiger partial charge in [-0.3, -0.25) is 0 Å². The number of rotatable bonds is 4. The normalized spacial score (nSPS) is 18.6. The minimum absolute atomic E-state index is 0.0577. The van der Waals surface area contributed by atoms with Crippen LogP contribution in [0.5, 0.6) is 0 Å². The van der Waals surface area contributed by atoms with Crippen molar-refractivity contribution in [2.75, 3.05) is 12.3 Å². The van der Waals surface area contributed by atoms with Gasteiger partial charge in [-0.1, -0.05) is 19.3 Å². The summed E-state index contributed by atoms with van der Waals surface area (Å²) < 4.78 is 27.2. The van der Waals surface area contributed by atoms with Gasteiger partial charge in [0, 0.05) is 12.2 Å². The molecule has 0 spiro atoms. The van der Waals surface area contributed by atoms with Crippen molar-refractivity contribution >= 4 is 15.7 Å². The van der Waals surface area contributed by atoms with Gasteiger partial charge in [0.15, 0.2) is 0 Å². The summed E-state index contributed by atoms with van der Waals surface area (Å²) in [5.74, 6) is 0. The maximum Gasteiger partial charge on any atom is 0.240 e. The molecule has 0 heterocycles. The zero-order valence-corrected chi connectivity index (χ0v) is 13.5. The summed E-state index contributed by atoms with van der Waals surface area (Å²) in [5.41, 5.74) is 7.11. The number of benzene rings is 1. The van der Waals surface area contributed by atoms with E-state index in [-0.39, 0.29) is 11.4 Å². The summed E-state index contributed by atoms with van der Waals surface area (Å²) in [4.78, 5) is 0.155. The second-order valence-electron chi connectivity index (χ2n) is 6.06. The Labute approximate surface area is 126 Å². The van der Waals surface area contributed by atoms with Crippen molar-refractivity contribution in [3.8, 4) is 0 Å². The quantitative estimate of drug-likeness (QED) is 0.740. The number of hydrogen-bond donors (Lipinski definition) is 3. The predicted octanol–water partition coefficient (Wildman–Crippen LogP) is 1.86. The topological polar surface area (TPSA) is 92.4 Å². The molecule has 118 valence electrons. The lowest BCUT2D eigenvalue weighted by Crippen LogP contribution is -2.44. The number of aliphatic hydroxyl groups is 1. The molecule has 1 aliphatic rings. The van der Waals surface area contributed by atoms with Crippen LogP contribution in [0.2, 0.25) is 0 Å². The monoisotopic (exact) mass is 312 g/mol. The molecule has 21 heavy (non-hydrogen) atoms. The highest BCUT2D eigenvalue weighted by Crippen LogP contribution is 2.28. The lowest BCUT2D eigenvalue weighted by Gasteiger charge is -2.32. The SMILES string of the molecule is Cc1cc(S(=O)(=O)NCC2(O)CCCCC2)cc(N)c1C. The Morgan fingerprint density at radius 3 is 2.43 bits per heavy atom. The van der Waals surface area contributed by atoms with Gasteiger partial charge in [-0.25, -0.2) is 13.1 Å². The van der Waals surface area contributed by atoms with E-state index >= 15 is 0 Å². The fourth-order valence-electron chi connectivity index (χ4n) is 2.71. The van der Waals surface area contributed by atoms with E-state index < -0.39 is 15.6 Å². The Kier molecular flexibility index (Phi) is 4.60. The molecular formula is C15H24N2O3S. The summed E-state index contributed by atoms with van der Waals surface area (Å²) in [7, 11) is -3.65. The Morgan fingerprint density at radius 1 is 1.24 bits per heavy atom. The Bertz CT molecular complexity index is 597. The van der Waals surface area contributed by atoms with Crippen molar-refractivity contribution in [2.24, 2.45) is 0 Å². The van der Waals surface area contributed by atoms with E-state index in [4.69, 9.17) is 5.73 Å². The molecule has 1 aromatic rings. The summed E-state index contributed by atoms with van der Waals surface area (Å²) >= 11 is 0. The molecule has 1 fully saturated rings. The molecule has 5 nitrogen and oxygen atoms in total. The van der Waals surface area contributed by atoms with Crippen LogP contribution in [0.3, 0.4) is 0 Å². The number of sulfonamides is 1. The molecule has 6 heteroatoms. The Balaban J connectivity index is 2.15. The molecule has 0 saturated heterocycles. The highest BCUT2D eigenvalue weighted by molar-refractivity contribution is 7.89. The molecule has 0 aliphatic heterocycles. The minimum atomic E-state index is -3.65. The lowest BCUT2D eigenvalue weighted by molar-refractivity contribution is 0.00945. The van der Waals surface area contributed by atoms with Crippen molar-refractivity contribution in [1.82, 2.24) is 4.72 Å². The minimum Gasteiger partial charge on any atom is -0.398 e. The molecule has 4 N–H and O–H groups in total. The third-order valence-corrected chi connectivity index (χ3v) is 5.75. The zero-order valence-electron chi connectivity index (χ0n) is 12.6. The van der Waals surface area contributed by atoms with E-state index in [9.17, 15) is 13.5 Å². The van der Waals surface area contributed by atoms with Crippen LogP contribution in [0.1, 0.15) is 43.2 Å². The summed E-state index contributed by atoms with van der Waals surface area (Å²) in [6.07, 6.45) is 4.27. The van der Waals surface area contributed by atoms with Crippen LogP contribution in [0.25, 0.3) is 0 Å². The van der Waals surface area contributed by atoms with E-state index in [1.807, 2.05) is 13.8 Å². The van der Waals surface area contributed by atoms with E-state index in [1.54, 1.807) is 6.07 Å². The van der Waals surface area contributed by atoms with Crippen molar-refractivity contribution < 1.29 is 13.5 Å². The largest absolute Gasteiger partial charge is 0.398 e. The second kappa shape index (κ2) is 5.94. The number of aryl methyl sites for hydroxylation is 1. The first kappa shape index (κ1) is 16.3. The second-order valence-corrected chi connectivity index (χ2v) is 7.83. The molecule has 0 radical (unpaired) electrons. The molecule has 1 aromatic carbocycles. The molecule has 1 saturated carbocycles. The number of anilines is 1. The van der Waals surface area contributed by atoms with Gasteiger partial charge in [-0.05, 0) is 49.9 Å². The first-order chi connectivity index (χ1) is 9.73. The molecular weight excluding hydrogens is 288 g/mol. The number of hydrogen-bond acceptors (Lipinski definition) is 4. The van der Waals surface area contributed by atoms with Crippen LogP contribution >= 0.6 is 0 Å². The number of nitrogens with two attached hydrogens (primary N) is 1. The average molecular weight is 312 g/mol. The summed E-state index contributed by atoms with van der Waals surface area (Å²) in [5, 5.41) is 10.4. The number of nitrogens with one attached hydrogen (secondary N) is 1. The third-order valence-electron chi connectivity index (χ3n) is 4.37. The van der Waals surface area contributed by atoms with Crippen molar-refractivity contribution in [2.45, 2.75) is 56.4 Å². The zero-order chi connectivity index (χ0) is 15.7. The smallest absolute Gasteiger partial charge is 0.240 e. The average Bonchev–Trinajstić information content (AvgIpc) is 2.43. The van der Waals surface area contributed by atoms with E-state index in [0.29, 0.717) is 18.5 Å². The Hall–Kier alpha value is -1.11. The van der Waals surface area contributed by atoms with E-state index in [0.717, 1.165) is 30.4 Å². The molecule has 2 rings (SSSR count). The van der Waals surface area contributed by atoms with E-state index in [1.165, 1.54) is 6.07 Å². The highest BCUT2D eigenvalue weighted by atomic mass is 32.2. The summed E-state index contributed by atoms with van der Waals surface area (Å²) in [6.45, 7) is 3.75. The van der Waals surface area contributed by atoms with Gasteiger partial charge in [-0.15, -0.1) is 0 Å². The maximum absolute atomic E-state index is 12.4. The molecule has 0 atom stereocenters. The standard InChI is InChI=1S/C15H24N2O3S/c1-11-8-13(9-14(16)12(11)2)21(19,20)17-10-15(18)6-4-3-5-7-15/h8-9,17-18H,3-7,10,16H2,1-2H3. The molecule has 0 amide bonds. The van der Waals surface area contributed by atoms with E-state index in [2.05, 4.69) is 4.72 Å². The first-order valence-electron chi connectivity index (χ1n) is 7.32. The Morgan fingerprint density at radius 2 is 1.86 bits per heavy atom. The van der Waals surface area contributed by atoms with Gasteiger partial charge in [0.05, 0.1) is 10.5 Å². The third kappa shape index (κ3) is 3.75. The van der Waals surface area contributed by atoms with Gasteiger partial charge in [0.2, 0.25) is 10.0 Å².